The summed E-state index contributed by atoms with van der Waals surface area (Å²) in [6.45, 7) is 5.08. The lowest BCUT2D eigenvalue weighted by Gasteiger charge is -2.14. The van der Waals surface area contributed by atoms with Gasteiger partial charge in [0.05, 0.1) is 10.9 Å². The van der Waals surface area contributed by atoms with Crippen LogP contribution in [0.2, 0.25) is 0 Å². The van der Waals surface area contributed by atoms with Crippen LogP contribution in [0.5, 0.6) is 0 Å². The molecule has 0 fully saturated rings. The van der Waals surface area contributed by atoms with E-state index in [1.807, 2.05) is 6.92 Å². The molecule has 0 saturated heterocycles. The number of aromatic nitrogens is 3. The third-order valence-electron chi connectivity index (χ3n) is 2.71. The van der Waals surface area contributed by atoms with Gasteiger partial charge in [0.15, 0.2) is 5.82 Å². The molecule has 102 valence electrons. The van der Waals surface area contributed by atoms with E-state index in [9.17, 15) is 8.42 Å². The highest BCUT2D eigenvalue weighted by atomic mass is 32.2. The molecule has 7 heteroatoms. The number of aryl methyl sites for hydroxylation is 1. The molecule has 0 aliphatic heterocycles. The highest BCUT2D eigenvalue weighted by Gasteiger charge is 2.18. The van der Waals surface area contributed by atoms with Crippen molar-refractivity contribution in [1.82, 2.24) is 14.5 Å². The van der Waals surface area contributed by atoms with Crippen LogP contribution in [0, 0.1) is 6.92 Å². The molecular weight excluding hydrogens is 264 g/mol. The summed E-state index contributed by atoms with van der Waals surface area (Å²) in [6, 6.07) is 3.37. The summed E-state index contributed by atoms with van der Waals surface area (Å²) >= 11 is 0. The zero-order valence-corrected chi connectivity index (χ0v) is 11.8. The number of hydrogen-bond acceptors (Lipinski definition) is 4. The molecule has 0 spiro atoms. The van der Waals surface area contributed by atoms with Crippen molar-refractivity contribution >= 4 is 15.7 Å². The molecule has 0 radical (unpaired) electrons. The van der Waals surface area contributed by atoms with Gasteiger partial charge in [0.2, 0.25) is 10.0 Å². The van der Waals surface area contributed by atoms with E-state index in [4.69, 9.17) is 0 Å². The quantitative estimate of drug-likeness (QED) is 0.925. The summed E-state index contributed by atoms with van der Waals surface area (Å²) in [7, 11) is -3.40. The summed E-state index contributed by atoms with van der Waals surface area (Å²) < 4.78 is 28.2. The van der Waals surface area contributed by atoms with Crippen LogP contribution >= 0.6 is 0 Å². The minimum absolute atomic E-state index is 0.442. The Morgan fingerprint density at radius 2 is 2.00 bits per heavy atom. The lowest BCUT2D eigenvalue weighted by atomic mass is 10.4. The fraction of sp³-hybridized carbons (Fsp3) is 0.333. The van der Waals surface area contributed by atoms with E-state index < -0.39 is 15.3 Å². The van der Waals surface area contributed by atoms with Crippen molar-refractivity contribution in [3.63, 3.8) is 0 Å². The molecular formula is C12H16N4O2S. The van der Waals surface area contributed by atoms with E-state index in [2.05, 4.69) is 14.7 Å². The van der Waals surface area contributed by atoms with Crippen LogP contribution in [-0.2, 0) is 10.0 Å². The largest absolute Gasteiger partial charge is 0.286 e. The minimum Gasteiger partial charge on any atom is -0.286 e. The lowest BCUT2D eigenvalue weighted by molar-refractivity contribution is 0.592. The van der Waals surface area contributed by atoms with Crippen LogP contribution in [0.15, 0.2) is 30.7 Å². The first-order chi connectivity index (χ1) is 8.92. The molecule has 0 aliphatic carbocycles. The topological polar surface area (TPSA) is 76.9 Å². The first-order valence-electron chi connectivity index (χ1n) is 5.89. The van der Waals surface area contributed by atoms with Gasteiger partial charge in [-0.25, -0.2) is 18.4 Å². The molecule has 0 atom stereocenters. The molecule has 0 unspecified atom stereocenters. The van der Waals surface area contributed by atoms with Gasteiger partial charge in [0.25, 0.3) is 0 Å². The van der Waals surface area contributed by atoms with Crippen LogP contribution in [0.3, 0.4) is 0 Å². The van der Waals surface area contributed by atoms with E-state index in [0.29, 0.717) is 11.5 Å². The summed E-state index contributed by atoms with van der Waals surface area (Å²) in [6.07, 6.45) is 5.00. The Kier molecular flexibility index (Phi) is 3.57. The molecule has 2 rings (SSSR count). The summed E-state index contributed by atoms with van der Waals surface area (Å²) in [4.78, 5) is 8.33. The predicted molar refractivity (Wildman–Crippen MR) is 73.8 cm³/mol. The Labute approximate surface area is 112 Å². The third-order valence-corrected chi connectivity index (χ3v) is 4.46. The van der Waals surface area contributed by atoms with Crippen molar-refractivity contribution < 1.29 is 8.42 Å². The molecule has 19 heavy (non-hydrogen) atoms. The Morgan fingerprint density at radius 1 is 1.26 bits per heavy atom. The van der Waals surface area contributed by atoms with Gasteiger partial charge in [-0.3, -0.25) is 9.29 Å². The van der Waals surface area contributed by atoms with Crippen molar-refractivity contribution in [1.29, 1.82) is 0 Å². The molecule has 0 aliphatic rings. The van der Waals surface area contributed by atoms with E-state index >= 15 is 0 Å². The number of nitrogens with zero attached hydrogens (tertiary/aromatic N) is 3. The van der Waals surface area contributed by atoms with Crippen molar-refractivity contribution in [2.24, 2.45) is 0 Å². The van der Waals surface area contributed by atoms with Gasteiger partial charge in [-0.05, 0) is 32.9 Å². The maximum Gasteiger partial charge on any atom is 0.235 e. The molecule has 2 aromatic rings. The molecule has 0 saturated carbocycles. The second-order valence-electron chi connectivity index (χ2n) is 4.41. The zero-order valence-electron chi connectivity index (χ0n) is 11.0. The van der Waals surface area contributed by atoms with Crippen LogP contribution in [0.25, 0.3) is 5.82 Å². The fourth-order valence-corrected chi connectivity index (χ4v) is 2.24. The number of anilines is 1. The minimum atomic E-state index is -3.40. The standard InChI is InChI=1S/C12H16N4O2S/c1-9(2)19(17,18)15-11-5-4-6-14-12(11)16-8-7-13-10(16)3/h4-9,15H,1-3H3. The highest BCUT2D eigenvalue weighted by Crippen LogP contribution is 2.20. The van der Waals surface area contributed by atoms with E-state index in [-0.39, 0.29) is 0 Å². The van der Waals surface area contributed by atoms with Crippen LogP contribution in [-0.4, -0.2) is 28.2 Å². The number of pyridine rings is 1. The van der Waals surface area contributed by atoms with Crippen molar-refractivity contribution in [2.45, 2.75) is 26.0 Å². The fourth-order valence-electron chi connectivity index (χ4n) is 1.54. The van der Waals surface area contributed by atoms with Gasteiger partial charge in [-0.15, -0.1) is 0 Å². The summed E-state index contributed by atoms with van der Waals surface area (Å²) in [5.74, 6) is 1.26. The molecule has 0 amide bonds. The zero-order chi connectivity index (χ0) is 14.0. The molecule has 1 N–H and O–H groups in total. The molecule has 2 aromatic heterocycles. The lowest BCUT2D eigenvalue weighted by Crippen LogP contribution is -2.23. The SMILES string of the molecule is Cc1nccn1-c1ncccc1NS(=O)(=O)C(C)C. The van der Waals surface area contributed by atoms with Crippen molar-refractivity contribution in [3.8, 4) is 5.82 Å². The van der Waals surface area contributed by atoms with Crippen LogP contribution in [0.1, 0.15) is 19.7 Å². The Hall–Kier alpha value is -1.89. The molecule has 2 heterocycles. The van der Waals surface area contributed by atoms with E-state index in [1.165, 1.54) is 0 Å². The van der Waals surface area contributed by atoms with Crippen LogP contribution < -0.4 is 4.72 Å². The van der Waals surface area contributed by atoms with Crippen molar-refractivity contribution in [2.75, 3.05) is 4.72 Å². The maximum absolute atomic E-state index is 11.9. The second-order valence-corrected chi connectivity index (χ2v) is 6.65. The number of rotatable bonds is 4. The van der Waals surface area contributed by atoms with Gasteiger partial charge in [-0.1, -0.05) is 0 Å². The van der Waals surface area contributed by atoms with Gasteiger partial charge in [0, 0.05) is 18.6 Å². The van der Waals surface area contributed by atoms with Gasteiger partial charge in [0.1, 0.15) is 5.82 Å². The molecule has 6 nitrogen and oxygen atoms in total. The predicted octanol–water partition coefficient (Wildman–Crippen LogP) is 1.73. The first-order valence-corrected chi connectivity index (χ1v) is 7.43. The van der Waals surface area contributed by atoms with Crippen LogP contribution in [0.4, 0.5) is 5.69 Å². The number of imidazole rings is 1. The number of sulfonamides is 1. The highest BCUT2D eigenvalue weighted by molar-refractivity contribution is 7.93. The average molecular weight is 280 g/mol. The number of hydrogen-bond donors (Lipinski definition) is 1. The van der Waals surface area contributed by atoms with Gasteiger partial charge < -0.3 is 0 Å². The van der Waals surface area contributed by atoms with Gasteiger partial charge in [-0.2, -0.15) is 0 Å². The molecule has 0 bridgehead atoms. The van der Waals surface area contributed by atoms with Gasteiger partial charge >= 0.3 is 0 Å². The summed E-state index contributed by atoms with van der Waals surface area (Å²) in [5.41, 5.74) is 0.442. The normalized spacial score (nSPS) is 11.8. The number of nitrogens with one attached hydrogen (secondary N) is 1. The maximum atomic E-state index is 11.9. The molecule has 0 aromatic carbocycles. The smallest absolute Gasteiger partial charge is 0.235 e. The Morgan fingerprint density at radius 3 is 2.58 bits per heavy atom. The Balaban J connectivity index is 2.47. The second kappa shape index (κ2) is 5.00. The average Bonchev–Trinajstić information content (AvgIpc) is 2.75. The van der Waals surface area contributed by atoms with Crippen molar-refractivity contribution in [3.05, 3.63) is 36.5 Å². The Bertz CT molecular complexity index is 677. The summed E-state index contributed by atoms with van der Waals surface area (Å²) in [5, 5.41) is -0.510. The van der Waals surface area contributed by atoms with E-state index in [0.717, 1.165) is 5.82 Å². The third kappa shape index (κ3) is 2.76. The monoisotopic (exact) mass is 280 g/mol. The van der Waals surface area contributed by atoms with E-state index in [1.54, 1.807) is 49.1 Å². The first kappa shape index (κ1) is 13.5.